The van der Waals surface area contributed by atoms with Gasteiger partial charge in [-0.25, -0.2) is 0 Å². The Morgan fingerprint density at radius 3 is 2.16 bits per heavy atom. The van der Waals surface area contributed by atoms with Gasteiger partial charge in [0.2, 0.25) is 0 Å². The van der Waals surface area contributed by atoms with E-state index in [2.05, 4.69) is 26.8 Å². The molecule has 0 aromatic carbocycles. The Bertz CT molecular complexity index is 624. The minimum absolute atomic E-state index is 0.0586. The van der Waals surface area contributed by atoms with Gasteiger partial charge in [-0.15, -0.1) is 0 Å². The van der Waals surface area contributed by atoms with E-state index in [0.717, 1.165) is 70.2 Å². The van der Waals surface area contributed by atoms with Crippen molar-refractivity contribution in [3.63, 3.8) is 0 Å². The highest BCUT2D eigenvalue weighted by atomic mass is 16.7. The molecule has 3 unspecified atom stereocenters. The van der Waals surface area contributed by atoms with E-state index in [-0.39, 0.29) is 42.7 Å². The van der Waals surface area contributed by atoms with Crippen molar-refractivity contribution >= 4 is 6.29 Å². The van der Waals surface area contributed by atoms with E-state index in [4.69, 9.17) is 34.0 Å². The van der Waals surface area contributed by atoms with Crippen LogP contribution in [0.2, 0.25) is 0 Å². The molecule has 3 rings (SSSR count). The van der Waals surface area contributed by atoms with Crippen LogP contribution in [0.1, 0.15) is 112 Å². The third-order valence-corrected chi connectivity index (χ3v) is 7.04. The number of rotatable bonds is 11. The summed E-state index contributed by atoms with van der Waals surface area (Å²) < 4.78 is 24.5. The smallest absolute Gasteiger partial charge is 0.199 e. The molecule has 0 aromatic heterocycles. The quantitative estimate of drug-likeness (QED) is 0.238. The predicted octanol–water partition coefficient (Wildman–Crippen LogP) is 5.27. The maximum absolute atomic E-state index is 10.5. The summed E-state index contributed by atoms with van der Waals surface area (Å²) in [5.41, 5.74) is 0.234. The van der Waals surface area contributed by atoms with E-state index in [1.165, 1.54) is 33.1 Å². The van der Waals surface area contributed by atoms with Gasteiger partial charge in [-0.1, -0.05) is 33.6 Å². The molecule has 3 aliphatic rings. The van der Waals surface area contributed by atoms with Crippen LogP contribution in [-0.4, -0.2) is 72.3 Å². The molecule has 0 radical (unpaired) electrons. The lowest BCUT2D eigenvalue weighted by atomic mass is 9.83. The van der Waals surface area contributed by atoms with Crippen LogP contribution in [0.25, 0.3) is 0 Å². The topological polar surface area (TPSA) is 115 Å². The number of unbranched alkanes of at least 4 members (excludes halogenated alkanes) is 1. The van der Waals surface area contributed by atoms with Gasteiger partial charge in [0.05, 0.1) is 31.5 Å². The second-order valence-corrected chi connectivity index (χ2v) is 11.5. The van der Waals surface area contributed by atoms with Gasteiger partial charge in [-0.05, 0) is 76.7 Å². The molecule has 38 heavy (non-hydrogen) atoms. The van der Waals surface area contributed by atoms with Crippen LogP contribution in [-0.2, 0) is 23.7 Å². The monoisotopic (exact) mass is 544 g/mol. The van der Waals surface area contributed by atoms with Gasteiger partial charge in [-0.2, -0.15) is 0 Å². The van der Waals surface area contributed by atoms with Crippen LogP contribution in [0.15, 0.2) is 11.8 Å². The zero-order valence-corrected chi connectivity index (χ0v) is 24.6. The summed E-state index contributed by atoms with van der Waals surface area (Å²) in [7, 11) is 0. The summed E-state index contributed by atoms with van der Waals surface area (Å²) in [6.45, 7) is 11.3. The fourth-order valence-electron chi connectivity index (χ4n) is 4.81. The summed E-state index contributed by atoms with van der Waals surface area (Å²) in [6.07, 6.45) is 14.1. The first-order valence-corrected chi connectivity index (χ1v) is 14.8. The number of aliphatic hydroxyl groups is 3. The van der Waals surface area contributed by atoms with E-state index in [1.807, 2.05) is 0 Å². The molecular weight excluding hydrogens is 488 g/mol. The summed E-state index contributed by atoms with van der Waals surface area (Å²) in [6, 6.07) is 0. The number of hydrogen-bond acceptors (Lipinski definition) is 8. The van der Waals surface area contributed by atoms with Gasteiger partial charge < -0.3 is 39.1 Å². The Kier molecular flexibility index (Phi) is 18.4. The standard InChI is InChI=1S/C25H44O5.C3H8O2.C2H4O/c1-4-5-13-25(2,3)14-12-21(29-23-10-6-8-15-27-23)20-17-19(26)18-22(20)30-24-11-7-9-16-28-24;1-3(5)2-4;1-2-3/h12,19-20,22-24,26H,4-11,13-18H2,1-3H3;3-5H,2H2,1H3;2H,1H3/b21-12+;;/t19-,20+,22-,23?,24?;;/m1../s1. The fraction of sp³-hybridized carbons (Fsp3) is 0.900. The van der Waals surface area contributed by atoms with Crippen molar-refractivity contribution in [1.82, 2.24) is 0 Å². The molecule has 0 amide bonds. The summed E-state index contributed by atoms with van der Waals surface area (Å²) >= 11 is 0. The molecule has 2 aliphatic heterocycles. The molecule has 224 valence electrons. The van der Waals surface area contributed by atoms with Crippen LogP contribution in [0.3, 0.4) is 0 Å². The van der Waals surface area contributed by atoms with Crippen molar-refractivity contribution in [3.05, 3.63) is 11.8 Å². The maximum Gasteiger partial charge on any atom is 0.199 e. The van der Waals surface area contributed by atoms with E-state index < -0.39 is 6.10 Å². The number of carbonyl (C=O) groups excluding carboxylic acids is 1. The molecule has 3 fully saturated rings. The molecule has 3 N–H and O–H groups in total. The Balaban J connectivity index is 0.000000794. The van der Waals surface area contributed by atoms with Crippen molar-refractivity contribution in [2.75, 3.05) is 19.8 Å². The predicted molar refractivity (Wildman–Crippen MR) is 148 cm³/mol. The lowest BCUT2D eigenvalue weighted by molar-refractivity contribution is -0.199. The first-order chi connectivity index (χ1) is 18.1. The van der Waals surface area contributed by atoms with Crippen LogP contribution in [0.4, 0.5) is 0 Å². The minimum atomic E-state index is -0.560. The largest absolute Gasteiger partial charge is 0.469 e. The zero-order chi connectivity index (χ0) is 28.4. The number of aliphatic hydroxyl groups excluding tert-OH is 3. The lowest BCUT2D eigenvalue weighted by Crippen LogP contribution is -2.32. The first kappa shape index (κ1) is 35.0. The van der Waals surface area contributed by atoms with E-state index in [9.17, 15) is 5.11 Å². The molecule has 8 heteroatoms. The lowest BCUT2D eigenvalue weighted by Gasteiger charge is -2.32. The van der Waals surface area contributed by atoms with Crippen LogP contribution in [0, 0.1) is 11.3 Å². The number of aldehydes is 1. The van der Waals surface area contributed by atoms with Crippen molar-refractivity contribution in [2.45, 2.75) is 143 Å². The average Bonchev–Trinajstić information content (AvgIpc) is 3.27. The van der Waals surface area contributed by atoms with Gasteiger partial charge in [0, 0.05) is 25.4 Å². The van der Waals surface area contributed by atoms with E-state index in [0.29, 0.717) is 12.8 Å². The number of allylic oxidation sites excluding steroid dienone is 1. The minimum Gasteiger partial charge on any atom is -0.469 e. The zero-order valence-electron chi connectivity index (χ0n) is 24.6. The van der Waals surface area contributed by atoms with Crippen LogP contribution >= 0.6 is 0 Å². The van der Waals surface area contributed by atoms with Crippen molar-refractivity contribution in [3.8, 4) is 0 Å². The van der Waals surface area contributed by atoms with Crippen molar-refractivity contribution < 1.29 is 39.1 Å². The van der Waals surface area contributed by atoms with Crippen LogP contribution in [0.5, 0.6) is 0 Å². The Hall–Kier alpha value is -1.03. The number of ether oxygens (including phenoxy) is 4. The van der Waals surface area contributed by atoms with Gasteiger partial charge in [0.25, 0.3) is 0 Å². The highest BCUT2D eigenvalue weighted by Crippen LogP contribution is 2.39. The second kappa shape index (κ2) is 19.9. The third kappa shape index (κ3) is 14.9. The average molecular weight is 545 g/mol. The Morgan fingerprint density at radius 1 is 1.08 bits per heavy atom. The molecule has 2 saturated heterocycles. The van der Waals surface area contributed by atoms with Gasteiger partial charge in [-0.3, -0.25) is 0 Å². The van der Waals surface area contributed by atoms with Gasteiger partial charge in [0.1, 0.15) is 12.0 Å². The second-order valence-electron chi connectivity index (χ2n) is 11.5. The van der Waals surface area contributed by atoms with E-state index in [1.54, 1.807) is 0 Å². The normalized spacial score (nSPS) is 28.8. The van der Waals surface area contributed by atoms with Crippen molar-refractivity contribution in [1.29, 1.82) is 0 Å². The highest BCUT2D eigenvalue weighted by Gasteiger charge is 2.40. The Labute approximate surface area is 231 Å². The maximum atomic E-state index is 10.5. The summed E-state index contributed by atoms with van der Waals surface area (Å²) in [4.78, 5) is 8.81. The number of hydrogen-bond donors (Lipinski definition) is 3. The SMILES string of the molecule is CC(O)CO.CC=O.CCCCC(C)(C)C/C=C(/OC1CCCCO1)[C@@H]1C[C@@H](O)C[C@H]1OC1CCCCO1. The first-order valence-electron chi connectivity index (χ1n) is 14.8. The van der Waals surface area contributed by atoms with Gasteiger partial charge in [0.15, 0.2) is 12.6 Å². The third-order valence-electron chi connectivity index (χ3n) is 7.04. The Morgan fingerprint density at radius 2 is 1.66 bits per heavy atom. The van der Waals surface area contributed by atoms with Gasteiger partial charge >= 0.3 is 0 Å². The molecular formula is C30H56O8. The molecule has 0 bridgehead atoms. The molecule has 2 heterocycles. The van der Waals surface area contributed by atoms with Crippen molar-refractivity contribution in [2.24, 2.45) is 11.3 Å². The highest BCUT2D eigenvalue weighted by molar-refractivity contribution is 5.44. The molecule has 0 aromatic rings. The number of carbonyl (C=O) groups is 1. The summed E-state index contributed by atoms with van der Waals surface area (Å²) in [5.74, 6) is 1.03. The molecule has 6 atom stereocenters. The van der Waals surface area contributed by atoms with Crippen LogP contribution < -0.4 is 0 Å². The molecule has 0 spiro atoms. The summed E-state index contributed by atoms with van der Waals surface area (Å²) in [5, 5.41) is 26.5. The van der Waals surface area contributed by atoms with E-state index >= 15 is 0 Å². The molecule has 8 nitrogen and oxygen atoms in total. The fourth-order valence-corrected chi connectivity index (χ4v) is 4.81. The molecule has 1 saturated carbocycles. The molecule has 1 aliphatic carbocycles.